The van der Waals surface area contributed by atoms with Gasteiger partial charge in [0.1, 0.15) is 5.75 Å². The van der Waals surface area contributed by atoms with Crippen LogP contribution >= 0.6 is 11.3 Å². The van der Waals surface area contributed by atoms with Crippen LogP contribution in [0.5, 0.6) is 5.75 Å². The molecule has 1 amide bonds. The van der Waals surface area contributed by atoms with Crippen molar-refractivity contribution in [2.75, 3.05) is 14.2 Å². The summed E-state index contributed by atoms with van der Waals surface area (Å²) in [7, 11) is 3.53. The number of aryl methyl sites for hydroxylation is 1. The number of rotatable bonds is 5. The van der Waals surface area contributed by atoms with Crippen molar-refractivity contribution in [1.82, 2.24) is 14.9 Å². The van der Waals surface area contributed by atoms with Crippen LogP contribution < -0.4 is 4.74 Å². The SMILES string of the molecule is COc1ccc(/C=C2/CCc3c2nc2ccccc2c3C(=O)N(C)Cc2cnc(C)s2)cc1. The molecular formula is C27H25N3O2S. The molecule has 5 nitrogen and oxygen atoms in total. The lowest BCUT2D eigenvalue weighted by Crippen LogP contribution is -2.27. The Kier molecular flexibility index (Phi) is 5.68. The molecule has 33 heavy (non-hydrogen) atoms. The van der Waals surface area contributed by atoms with Crippen molar-refractivity contribution in [2.45, 2.75) is 26.3 Å². The number of hydrogen-bond acceptors (Lipinski definition) is 5. The van der Waals surface area contributed by atoms with Crippen molar-refractivity contribution in [2.24, 2.45) is 0 Å². The molecule has 0 saturated carbocycles. The van der Waals surface area contributed by atoms with Gasteiger partial charge in [-0.25, -0.2) is 9.97 Å². The van der Waals surface area contributed by atoms with Crippen LogP contribution in [0.1, 0.15) is 43.5 Å². The summed E-state index contributed by atoms with van der Waals surface area (Å²) in [5, 5.41) is 1.92. The average Bonchev–Trinajstić information content (AvgIpc) is 3.43. The summed E-state index contributed by atoms with van der Waals surface area (Å²) in [5.41, 5.74) is 5.87. The predicted octanol–water partition coefficient (Wildman–Crippen LogP) is 5.77. The predicted molar refractivity (Wildman–Crippen MR) is 134 cm³/mol. The fraction of sp³-hybridized carbons (Fsp3) is 0.222. The largest absolute Gasteiger partial charge is 0.497 e. The van der Waals surface area contributed by atoms with Gasteiger partial charge in [0.15, 0.2) is 0 Å². The molecule has 166 valence electrons. The van der Waals surface area contributed by atoms with E-state index in [1.165, 1.54) is 0 Å². The minimum absolute atomic E-state index is 0.0293. The molecule has 2 aromatic carbocycles. The first-order valence-corrected chi connectivity index (χ1v) is 11.8. The molecule has 0 bridgehead atoms. The lowest BCUT2D eigenvalue weighted by Gasteiger charge is -2.19. The third kappa shape index (κ3) is 4.14. The van der Waals surface area contributed by atoms with Crippen LogP contribution in [0.4, 0.5) is 0 Å². The molecule has 0 N–H and O–H groups in total. The van der Waals surface area contributed by atoms with Crippen LogP contribution in [-0.2, 0) is 13.0 Å². The van der Waals surface area contributed by atoms with Crippen LogP contribution in [0.15, 0.2) is 54.7 Å². The molecule has 2 aromatic heterocycles. The zero-order valence-electron chi connectivity index (χ0n) is 19.0. The molecule has 0 fully saturated rings. The summed E-state index contributed by atoms with van der Waals surface area (Å²) in [4.78, 5) is 25.9. The van der Waals surface area contributed by atoms with E-state index >= 15 is 0 Å². The van der Waals surface area contributed by atoms with Crippen LogP contribution in [0.3, 0.4) is 0 Å². The number of aromatic nitrogens is 2. The molecule has 0 spiro atoms. The maximum atomic E-state index is 13.7. The topological polar surface area (TPSA) is 55.3 Å². The molecule has 0 radical (unpaired) electrons. The highest BCUT2D eigenvalue weighted by Gasteiger charge is 2.28. The molecule has 0 saturated heterocycles. The van der Waals surface area contributed by atoms with Gasteiger partial charge in [0.25, 0.3) is 5.91 Å². The number of methoxy groups -OCH3 is 1. The lowest BCUT2D eigenvalue weighted by molar-refractivity contribution is 0.0787. The van der Waals surface area contributed by atoms with Crippen molar-refractivity contribution in [3.05, 3.63) is 87.0 Å². The van der Waals surface area contributed by atoms with Crippen molar-refractivity contribution in [3.8, 4) is 5.75 Å². The zero-order chi connectivity index (χ0) is 22.9. The van der Waals surface area contributed by atoms with Crippen molar-refractivity contribution < 1.29 is 9.53 Å². The van der Waals surface area contributed by atoms with Crippen LogP contribution in [-0.4, -0.2) is 34.9 Å². The molecule has 0 aliphatic heterocycles. The average molecular weight is 456 g/mol. The van der Waals surface area contributed by atoms with Gasteiger partial charge in [-0.1, -0.05) is 30.3 Å². The Morgan fingerprint density at radius 3 is 2.67 bits per heavy atom. The number of ether oxygens (including phenoxy) is 1. The Morgan fingerprint density at radius 2 is 1.94 bits per heavy atom. The van der Waals surface area contributed by atoms with Gasteiger partial charge in [-0.15, -0.1) is 11.3 Å². The molecular weight excluding hydrogens is 430 g/mol. The van der Waals surface area contributed by atoms with Gasteiger partial charge in [-0.3, -0.25) is 4.79 Å². The molecule has 4 aromatic rings. The zero-order valence-corrected chi connectivity index (χ0v) is 19.8. The van der Waals surface area contributed by atoms with E-state index in [4.69, 9.17) is 9.72 Å². The number of carbonyl (C=O) groups is 1. The third-order valence-corrected chi connectivity index (χ3v) is 6.92. The highest BCUT2D eigenvalue weighted by molar-refractivity contribution is 7.11. The van der Waals surface area contributed by atoms with Gasteiger partial charge in [-0.2, -0.15) is 0 Å². The Balaban J connectivity index is 1.56. The van der Waals surface area contributed by atoms with Crippen LogP contribution in [0.25, 0.3) is 22.6 Å². The number of carbonyl (C=O) groups excluding carboxylic acids is 1. The van der Waals surface area contributed by atoms with E-state index in [0.717, 1.165) is 67.3 Å². The maximum absolute atomic E-state index is 13.7. The Hall–Kier alpha value is -3.51. The van der Waals surface area contributed by atoms with Gasteiger partial charge in [0, 0.05) is 23.5 Å². The van der Waals surface area contributed by atoms with Gasteiger partial charge in [0.2, 0.25) is 0 Å². The fourth-order valence-corrected chi connectivity index (χ4v) is 5.25. The lowest BCUT2D eigenvalue weighted by atomic mass is 9.99. The summed E-state index contributed by atoms with van der Waals surface area (Å²) >= 11 is 1.63. The minimum Gasteiger partial charge on any atom is -0.497 e. The molecule has 5 rings (SSSR count). The standard InChI is InChI=1S/C27H25N3O2S/c1-17-28-15-21(33-17)16-30(2)27(31)25-22-6-4-5-7-24(22)29-26-19(10-13-23(25)26)14-18-8-11-20(32-3)12-9-18/h4-9,11-12,14-15H,10,13,16H2,1-3H3/b19-14-. The van der Waals surface area contributed by atoms with Crippen LogP contribution in [0.2, 0.25) is 0 Å². The quantitative estimate of drug-likeness (QED) is 0.383. The van der Waals surface area contributed by atoms with Crippen molar-refractivity contribution >= 4 is 39.8 Å². The second-order valence-electron chi connectivity index (χ2n) is 8.28. The Labute approximate surface area is 197 Å². The highest BCUT2D eigenvalue weighted by atomic mass is 32.1. The maximum Gasteiger partial charge on any atom is 0.254 e. The Morgan fingerprint density at radius 1 is 1.15 bits per heavy atom. The van der Waals surface area contributed by atoms with E-state index in [1.807, 2.05) is 68.7 Å². The van der Waals surface area contributed by atoms with Crippen LogP contribution in [0, 0.1) is 6.92 Å². The summed E-state index contributed by atoms with van der Waals surface area (Å²) in [6, 6.07) is 15.9. The van der Waals surface area contributed by atoms with Gasteiger partial charge in [-0.05, 0) is 60.7 Å². The first-order valence-electron chi connectivity index (χ1n) is 11.0. The highest BCUT2D eigenvalue weighted by Crippen LogP contribution is 2.38. The third-order valence-electron chi connectivity index (χ3n) is 6.02. The number of pyridine rings is 1. The summed E-state index contributed by atoms with van der Waals surface area (Å²) in [6.45, 7) is 2.53. The molecule has 6 heteroatoms. The summed E-state index contributed by atoms with van der Waals surface area (Å²) in [5.74, 6) is 0.863. The summed E-state index contributed by atoms with van der Waals surface area (Å²) in [6.07, 6.45) is 5.70. The second kappa shape index (κ2) is 8.79. The fourth-order valence-electron chi connectivity index (χ4n) is 4.40. The first kappa shape index (κ1) is 21.3. The van der Waals surface area contributed by atoms with Gasteiger partial charge >= 0.3 is 0 Å². The van der Waals surface area contributed by atoms with Crippen molar-refractivity contribution in [3.63, 3.8) is 0 Å². The monoisotopic (exact) mass is 455 g/mol. The number of allylic oxidation sites excluding steroid dienone is 1. The number of fused-ring (bicyclic) bond motifs is 2. The van der Waals surface area contributed by atoms with Gasteiger partial charge < -0.3 is 9.64 Å². The second-order valence-corrected chi connectivity index (χ2v) is 9.60. The number of nitrogens with zero attached hydrogens (tertiary/aromatic N) is 3. The number of hydrogen-bond donors (Lipinski definition) is 0. The number of benzene rings is 2. The molecule has 0 unspecified atom stereocenters. The molecule has 2 heterocycles. The van der Waals surface area contributed by atoms with E-state index < -0.39 is 0 Å². The van der Waals surface area contributed by atoms with E-state index in [9.17, 15) is 4.79 Å². The van der Waals surface area contributed by atoms with E-state index in [0.29, 0.717) is 6.54 Å². The first-order chi connectivity index (χ1) is 16.0. The van der Waals surface area contributed by atoms with Crippen molar-refractivity contribution in [1.29, 1.82) is 0 Å². The minimum atomic E-state index is 0.0293. The molecule has 1 aliphatic rings. The number of para-hydroxylation sites is 1. The number of thiazole rings is 1. The van der Waals surface area contributed by atoms with E-state index in [-0.39, 0.29) is 5.91 Å². The molecule has 0 atom stereocenters. The van der Waals surface area contributed by atoms with E-state index in [1.54, 1.807) is 23.3 Å². The normalized spacial score (nSPS) is 14.0. The molecule has 1 aliphatic carbocycles. The van der Waals surface area contributed by atoms with Gasteiger partial charge in [0.05, 0.1) is 35.4 Å². The smallest absolute Gasteiger partial charge is 0.254 e. The van der Waals surface area contributed by atoms with E-state index in [2.05, 4.69) is 11.1 Å². The Bertz CT molecular complexity index is 1370. The summed E-state index contributed by atoms with van der Waals surface area (Å²) < 4.78 is 5.27. The number of amides is 1.